The Labute approximate surface area is 170 Å². The molecule has 0 atom stereocenters. The summed E-state index contributed by atoms with van der Waals surface area (Å²) in [5, 5.41) is 3.49. The van der Waals surface area contributed by atoms with Crippen LogP contribution < -0.4 is 5.32 Å². The van der Waals surface area contributed by atoms with E-state index in [0.717, 1.165) is 49.7 Å². The van der Waals surface area contributed by atoms with Crippen LogP contribution in [0.3, 0.4) is 0 Å². The van der Waals surface area contributed by atoms with Crippen LogP contribution in [-0.4, -0.2) is 61.9 Å². The number of likely N-dealkylation sites (tertiary alicyclic amines) is 1. The van der Waals surface area contributed by atoms with Gasteiger partial charge in [-0.3, -0.25) is 9.79 Å². The smallest absolute Gasteiger partial charge is 0.253 e. The summed E-state index contributed by atoms with van der Waals surface area (Å²) in [6, 6.07) is 7.93. The lowest BCUT2D eigenvalue weighted by atomic mass is 9.73. The molecule has 1 spiro atoms. The van der Waals surface area contributed by atoms with Gasteiger partial charge in [-0.25, -0.2) is 0 Å². The number of aliphatic imine (C=N–C) groups is 1. The lowest BCUT2D eigenvalue weighted by Crippen LogP contribution is -2.41. The predicted molar refractivity (Wildman–Crippen MR) is 116 cm³/mol. The van der Waals surface area contributed by atoms with Crippen LogP contribution in [0.25, 0.3) is 0 Å². The van der Waals surface area contributed by atoms with Crippen molar-refractivity contribution in [2.75, 3.05) is 40.3 Å². The van der Waals surface area contributed by atoms with E-state index in [9.17, 15) is 4.79 Å². The van der Waals surface area contributed by atoms with Gasteiger partial charge in [-0.05, 0) is 55.7 Å². The van der Waals surface area contributed by atoms with Gasteiger partial charge in [0.05, 0.1) is 0 Å². The number of hydrogen-bond acceptors (Lipinski definition) is 2. The van der Waals surface area contributed by atoms with Crippen molar-refractivity contribution in [2.24, 2.45) is 10.4 Å². The maximum atomic E-state index is 12.2. The molecule has 5 heteroatoms. The molecule has 1 saturated carbocycles. The summed E-state index contributed by atoms with van der Waals surface area (Å²) in [5.41, 5.74) is 2.45. The fraction of sp³-hybridized carbons (Fsp3) is 0.652. The summed E-state index contributed by atoms with van der Waals surface area (Å²) in [4.78, 5) is 21.2. The minimum atomic E-state index is 0.0496. The molecule has 2 fully saturated rings. The Hall–Kier alpha value is -2.04. The molecule has 0 radical (unpaired) electrons. The first kappa shape index (κ1) is 20.7. The number of guanidine groups is 1. The monoisotopic (exact) mass is 384 g/mol. The molecule has 1 aliphatic heterocycles. The number of benzene rings is 1. The van der Waals surface area contributed by atoms with E-state index < -0.39 is 0 Å². The highest BCUT2D eigenvalue weighted by molar-refractivity contribution is 5.94. The van der Waals surface area contributed by atoms with Crippen molar-refractivity contribution < 1.29 is 4.79 Å². The largest absolute Gasteiger partial charge is 0.357 e. The van der Waals surface area contributed by atoms with Gasteiger partial charge in [0.2, 0.25) is 0 Å². The van der Waals surface area contributed by atoms with E-state index in [4.69, 9.17) is 4.99 Å². The summed E-state index contributed by atoms with van der Waals surface area (Å²) < 4.78 is 0. The molecule has 1 amide bonds. The zero-order chi connectivity index (χ0) is 20.0. The van der Waals surface area contributed by atoms with Gasteiger partial charge >= 0.3 is 0 Å². The Morgan fingerprint density at radius 1 is 1.21 bits per heavy atom. The van der Waals surface area contributed by atoms with Crippen LogP contribution in [0.2, 0.25) is 0 Å². The summed E-state index contributed by atoms with van der Waals surface area (Å²) in [5.74, 6) is 1.11. The summed E-state index contributed by atoms with van der Waals surface area (Å²) >= 11 is 0. The van der Waals surface area contributed by atoms with Gasteiger partial charge in [-0.15, -0.1) is 0 Å². The first-order valence-corrected chi connectivity index (χ1v) is 10.9. The zero-order valence-corrected chi connectivity index (χ0v) is 17.8. The zero-order valence-electron chi connectivity index (χ0n) is 17.8. The molecule has 1 aromatic rings. The van der Waals surface area contributed by atoms with Crippen LogP contribution in [0.5, 0.6) is 0 Å². The lowest BCUT2D eigenvalue weighted by molar-refractivity contribution is 0.0827. The van der Waals surface area contributed by atoms with E-state index in [1.54, 1.807) is 19.0 Å². The molecule has 0 bridgehead atoms. The van der Waals surface area contributed by atoms with Gasteiger partial charge < -0.3 is 15.1 Å². The molecular formula is C23H36N4O. The normalized spacial score (nSPS) is 19.1. The SMILES string of the molecule is CCNC(=NCCc1cccc(C(=O)N(C)C)c1)N1CCC2(CCCCC2)C1. The molecule has 0 unspecified atom stereocenters. The second kappa shape index (κ2) is 9.44. The minimum Gasteiger partial charge on any atom is -0.357 e. The van der Waals surface area contributed by atoms with E-state index in [1.165, 1.54) is 38.5 Å². The molecule has 1 aliphatic carbocycles. The molecule has 1 N–H and O–H groups in total. The highest BCUT2D eigenvalue weighted by Crippen LogP contribution is 2.43. The van der Waals surface area contributed by atoms with E-state index in [2.05, 4.69) is 23.2 Å². The van der Waals surface area contributed by atoms with Crippen molar-refractivity contribution in [1.29, 1.82) is 0 Å². The van der Waals surface area contributed by atoms with Crippen molar-refractivity contribution in [1.82, 2.24) is 15.1 Å². The Bertz CT molecular complexity index is 692. The van der Waals surface area contributed by atoms with Crippen LogP contribution in [-0.2, 0) is 6.42 Å². The molecule has 0 aromatic heterocycles. The average Bonchev–Trinajstić information content (AvgIpc) is 3.10. The molecule has 154 valence electrons. The second-order valence-corrected chi connectivity index (χ2v) is 8.62. The van der Waals surface area contributed by atoms with E-state index >= 15 is 0 Å². The highest BCUT2D eigenvalue weighted by atomic mass is 16.2. The Morgan fingerprint density at radius 3 is 2.71 bits per heavy atom. The highest BCUT2D eigenvalue weighted by Gasteiger charge is 2.39. The van der Waals surface area contributed by atoms with Gasteiger partial charge in [0, 0.05) is 45.8 Å². The third kappa shape index (κ3) is 5.06. The van der Waals surface area contributed by atoms with Crippen molar-refractivity contribution in [3.63, 3.8) is 0 Å². The first-order valence-electron chi connectivity index (χ1n) is 10.9. The molecule has 3 rings (SSSR count). The molecule has 1 aromatic carbocycles. The number of carbonyl (C=O) groups is 1. The maximum Gasteiger partial charge on any atom is 0.253 e. The fourth-order valence-electron chi connectivity index (χ4n) is 4.66. The third-order valence-electron chi connectivity index (χ3n) is 6.23. The Balaban J connectivity index is 1.61. The van der Waals surface area contributed by atoms with Crippen LogP contribution in [0, 0.1) is 5.41 Å². The van der Waals surface area contributed by atoms with Gasteiger partial charge in [0.25, 0.3) is 5.91 Å². The van der Waals surface area contributed by atoms with Crippen LogP contribution in [0.1, 0.15) is 61.4 Å². The number of rotatable bonds is 5. The average molecular weight is 385 g/mol. The molecule has 1 heterocycles. The molecule has 28 heavy (non-hydrogen) atoms. The van der Waals surface area contributed by atoms with Gasteiger partial charge in [0.1, 0.15) is 0 Å². The molecule has 5 nitrogen and oxygen atoms in total. The van der Waals surface area contributed by atoms with Crippen LogP contribution in [0.4, 0.5) is 0 Å². The molecular weight excluding hydrogens is 348 g/mol. The standard InChI is InChI=1S/C23H36N4O/c1-4-24-22(27-16-14-23(18-27)12-6-5-7-13-23)25-15-11-19-9-8-10-20(17-19)21(28)26(2)3/h8-10,17H,4-7,11-16,18H2,1-3H3,(H,24,25). The van der Waals surface area contributed by atoms with Crippen LogP contribution in [0.15, 0.2) is 29.3 Å². The molecule has 1 saturated heterocycles. The maximum absolute atomic E-state index is 12.2. The summed E-state index contributed by atoms with van der Waals surface area (Å²) in [6.45, 7) is 6.06. The third-order valence-corrected chi connectivity index (χ3v) is 6.23. The Kier molecular flexibility index (Phi) is 6.97. The van der Waals surface area contributed by atoms with Crippen molar-refractivity contribution in [2.45, 2.75) is 51.9 Å². The van der Waals surface area contributed by atoms with E-state index in [1.807, 2.05) is 18.2 Å². The van der Waals surface area contributed by atoms with Gasteiger partial charge in [-0.1, -0.05) is 31.4 Å². The predicted octanol–water partition coefficient (Wildman–Crippen LogP) is 3.55. The van der Waals surface area contributed by atoms with Crippen molar-refractivity contribution in [3.05, 3.63) is 35.4 Å². The van der Waals surface area contributed by atoms with Gasteiger partial charge in [-0.2, -0.15) is 0 Å². The van der Waals surface area contributed by atoms with Crippen molar-refractivity contribution in [3.8, 4) is 0 Å². The number of amides is 1. The second-order valence-electron chi connectivity index (χ2n) is 8.62. The fourth-order valence-corrected chi connectivity index (χ4v) is 4.66. The number of carbonyl (C=O) groups excluding carboxylic acids is 1. The summed E-state index contributed by atoms with van der Waals surface area (Å²) in [7, 11) is 3.58. The van der Waals surface area contributed by atoms with E-state index in [-0.39, 0.29) is 5.91 Å². The molecule has 2 aliphatic rings. The Morgan fingerprint density at radius 2 is 2.00 bits per heavy atom. The number of nitrogens with zero attached hydrogens (tertiary/aromatic N) is 3. The quantitative estimate of drug-likeness (QED) is 0.624. The topological polar surface area (TPSA) is 47.9 Å². The van der Waals surface area contributed by atoms with Crippen LogP contribution >= 0.6 is 0 Å². The van der Waals surface area contributed by atoms with Crippen molar-refractivity contribution >= 4 is 11.9 Å². The number of hydrogen-bond donors (Lipinski definition) is 1. The first-order chi connectivity index (χ1) is 13.5. The van der Waals surface area contributed by atoms with E-state index in [0.29, 0.717) is 5.41 Å². The lowest BCUT2D eigenvalue weighted by Gasteiger charge is -2.33. The minimum absolute atomic E-state index is 0.0496. The number of nitrogens with one attached hydrogen (secondary N) is 1. The summed E-state index contributed by atoms with van der Waals surface area (Å²) in [6.07, 6.45) is 9.12. The van der Waals surface area contributed by atoms with Gasteiger partial charge in [0.15, 0.2) is 5.96 Å².